The molecule has 1 aromatic heterocycles. The first-order valence-electron chi connectivity index (χ1n) is 3.66. The zero-order valence-corrected chi connectivity index (χ0v) is 9.04. The SMILES string of the molecule is Cc1ccc(C(=O)CS(C)(=O)=O)s1. The first-order chi connectivity index (χ1) is 5.88. The van der Waals surface area contributed by atoms with E-state index in [0.29, 0.717) is 4.88 Å². The Kier molecular flexibility index (Phi) is 2.87. The van der Waals surface area contributed by atoms with Gasteiger partial charge in [0.05, 0.1) is 4.88 Å². The highest BCUT2D eigenvalue weighted by Gasteiger charge is 2.14. The Labute approximate surface area is 81.3 Å². The molecule has 5 heteroatoms. The average Bonchev–Trinajstić information content (AvgIpc) is 2.31. The predicted octanol–water partition coefficient (Wildman–Crippen LogP) is 1.28. The van der Waals surface area contributed by atoms with E-state index >= 15 is 0 Å². The van der Waals surface area contributed by atoms with Crippen molar-refractivity contribution in [3.05, 3.63) is 21.9 Å². The first-order valence-corrected chi connectivity index (χ1v) is 6.53. The number of aryl methyl sites for hydroxylation is 1. The van der Waals surface area contributed by atoms with E-state index in [4.69, 9.17) is 0 Å². The summed E-state index contributed by atoms with van der Waals surface area (Å²) >= 11 is 1.32. The largest absolute Gasteiger partial charge is 0.292 e. The third kappa shape index (κ3) is 3.28. The maximum Gasteiger partial charge on any atom is 0.187 e. The Bertz CT molecular complexity index is 414. The van der Waals surface area contributed by atoms with E-state index in [1.54, 1.807) is 12.1 Å². The molecule has 0 saturated carbocycles. The molecule has 0 aromatic carbocycles. The Balaban J connectivity index is 2.81. The van der Waals surface area contributed by atoms with Crippen LogP contribution in [0.1, 0.15) is 14.5 Å². The molecule has 0 radical (unpaired) electrons. The van der Waals surface area contributed by atoms with Gasteiger partial charge >= 0.3 is 0 Å². The molecule has 0 atom stereocenters. The average molecular weight is 218 g/mol. The Hall–Kier alpha value is -0.680. The number of sulfone groups is 1. The van der Waals surface area contributed by atoms with E-state index in [0.717, 1.165) is 11.1 Å². The van der Waals surface area contributed by atoms with Gasteiger partial charge in [0.15, 0.2) is 15.6 Å². The lowest BCUT2D eigenvalue weighted by atomic mass is 10.3. The minimum atomic E-state index is -3.21. The van der Waals surface area contributed by atoms with Crippen LogP contribution in [-0.4, -0.2) is 26.2 Å². The molecule has 72 valence electrons. The van der Waals surface area contributed by atoms with Gasteiger partial charge in [-0.2, -0.15) is 0 Å². The van der Waals surface area contributed by atoms with Gasteiger partial charge in [-0.3, -0.25) is 4.79 Å². The molecule has 0 N–H and O–H groups in total. The highest BCUT2D eigenvalue weighted by atomic mass is 32.2. The summed E-state index contributed by atoms with van der Waals surface area (Å²) in [5.74, 6) is -0.715. The number of hydrogen-bond donors (Lipinski definition) is 0. The van der Waals surface area contributed by atoms with Crippen LogP contribution in [0, 0.1) is 6.92 Å². The molecule has 0 unspecified atom stereocenters. The van der Waals surface area contributed by atoms with Crippen LogP contribution in [0.15, 0.2) is 12.1 Å². The van der Waals surface area contributed by atoms with E-state index in [-0.39, 0.29) is 5.78 Å². The van der Waals surface area contributed by atoms with Gasteiger partial charge in [0, 0.05) is 11.1 Å². The number of ketones is 1. The fourth-order valence-electron chi connectivity index (χ4n) is 0.894. The number of Topliss-reactive ketones (excluding diaryl/α,β-unsaturated/α-hetero) is 1. The number of thiophene rings is 1. The summed E-state index contributed by atoms with van der Waals surface area (Å²) in [6, 6.07) is 3.47. The van der Waals surface area contributed by atoms with Gasteiger partial charge in [-0.1, -0.05) is 0 Å². The van der Waals surface area contributed by atoms with Crippen LogP contribution < -0.4 is 0 Å². The van der Waals surface area contributed by atoms with E-state index in [2.05, 4.69) is 0 Å². The van der Waals surface area contributed by atoms with Gasteiger partial charge < -0.3 is 0 Å². The molecule has 0 aliphatic carbocycles. The summed E-state index contributed by atoms with van der Waals surface area (Å²) in [5, 5.41) is 0. The molecule has 1 rings (SSSR count). The van der Waals surface area contributed by atoms with Crippen LogP contribution in [0.5, 0.6) is 0 Å². The van der Waals surface area contributed by atoms with Crippen LogP contribution in [-0.2, 0) is 9.84 Å². The molecular weight excluding hydrogens is 208 g/mol. The van der Waals surface area contributed by atoms with Crippen LogP contribution in [0.4, 0.5) is 0 Å². The topological polar surface area (TPSA) is 51.2 Å². The zero-order valence-electron chi connectivity index (χ0n) is 7.40. The van der Waals surface area contributed by atoms with Gasteiger partial charge in [-0.05, 0) is 19.1 Å². The van der Waals surface area contributed by atoms with Crippen LogP contribution in [0.25, 0.3) is 0 Å². The molecule has 1 aromatic rings. The van der Waals surface area contributed by atoms with Crippen LogP contribution in [0.3, 0.4) is 0 Å². The molecule has 0 aliphatic heterocycles. The lowest BCUT2D eigenvalue weighted by Crippen LogP contribution is -2.13. The monoisotopic (exact) mass is 218 g/mol. The van der Waals surface area contributed by atoms with E-state index in [9.17, 15) is 13.2 Å². The number of carbonyl (C=O) groups excluding carboxylic acids is 1. The number of hydrogen-bond acceptors (Lipinski definition) is 4. The molecule has 0 fully saturated rings. The fraction of sp³-hybridized carbons (Fsp3) is 0.375. The maximum atomic E-state index is 11.3. The molecule has 1 heterocycles. The van der Waals surface area contributed by atoms with Crippen LogP contribution in [0.2, 0.25) is 0 Å². The highest BCUT2D eigenvalue weighted by Crippen LogP contribution is 2.15. The van der Waals surface area contributed by atoms with Crippen molar-refractivity contribution in [1.29, 1.82) is 0 Å². The molecule has 0 saturated heterocycles. The second-order valence-electron chi connectivity index (χ2n) is 2.90. The summed E-state index contributed by atoms with van der Waals surface area (Å²) in [5.41, 5.74) is 0. The van der Waals surface area contributed by atoms with Crippen molar-refractivity contribution in [3.63, 3.8) is 0 Å². The summed E-state index contributed by atoms with van der Waals surface area (Å²) < 4.78 is 21.6. The molecule has 0 bridgehead atoms. The standard InChI is InChI=1S/C8H10O3S2/c1-6-3-4-8(12-6)7(9)5-13(2,10)11/h3-4H,5H2,1-2H3. The quantitative estimate of drug-likeness (QED) is 0.718. The zero-order chi connectivity index (χ0) is 10.1. The lowest BCUT2D eigenvalue weighted by molar-refractivity contribution is 0.102. The minimum absolute atomic E-state index is 0.319. The Morgan fingerprint density at radius 1 is 1.46 bits per heavy atom. The molecule has 3 nitrogen and oxygen atoms in total. The number of rotatable bonds is 3. The second-order valence-corrected chi connectivity index (χ2v) is 6.33. The van der Waals surface area contributed by atoms with E-state index in [1.165, 1.54) is 11.3 Å². The molecular formula is C8H10O3S2. The van der Waals surface area contributed by atoms with Gasteiger partial charge in [-0.15, -0.1) is 11.3 Å². The van der Waals surface area contributed by atoms with Crippen molar-refractivity contribution in [2.75, 3.05) is 12.0 Å². The van der Waals surface area contributed by atoms with Crippen molar-refractivity contribution in [2.45, 2.75) is 6.92 Å². The molecule has 13 heavy (non-hydrogen) atoms. The summed E-state index contributed by atoms with van der Waals surface area (Å²) in [6.45, 7) is 1.88. The Morgan fingerprint density at radius 3 is 2.46 bits per heavy atom. The lowest BCUT2D eigenvalue weighted by Gasteiger charge is -1.94. The third-order valence-electron chi connectivity index (χ3n) is 1.41. The fourth-order valence-corrected chi connectivity index (χ4v) is 2.42. The Morgan fingerprint density at radius 2 is 2.08 bits per heavy atom. The van der Waals surface area contributed by atoms with Crippen molar-refractivity contribution in [1.82, 2.24) is 0 Å². The third-order valence-corrected chi connectivity index (χ3v) is 3.24. The summed E-state index contributed by atoms with van der Waals surface area (Å²) in [4.78, 5) is 12.8. The second kappa shape index (κ2) is 3.59. The van der Waals surface area contributed by atoms with Gasteiger partial charge in [0.2, 0.25) is 0 Å². The van der Waals surface area contributed by atoms with Crippen molar-refractivity contribution >= 4 is 27.0 Å². The molecule has 0 amide bonds. The van der Waals surface area contributed by atoms with Gasteiger partial charge in [-0.25, -0.2) is 8.42 Å². The summed E-state index contributed by atoms with van der Waals surface area (Å²) in [6.07, 6.45) is 1.06. The van der Waals surface area contributed by atoms with Crippen molar-refractivity contribution in [3.8, 4) is 0 Å². The smallest absolute Gasteiger partial charge is 0.187 e. The van der Waals surface area contributed by atoms with E-state index < -0.39 is 15.6 Å². The minimum Gasteiger partial charge on any atom is -0.292 e. The maximum absolute atomic E-state index is 11.3. The van der Waals surface area contributed by atoms with Crippen molar-refractivity contribution in [2.24, 2.45) is 0 Å². The van der Waals surface area contributed by atoms with E-state index in [1.807, 2.05) is 6.92 Å². The molecule has 0 spiro atoms. The predicted molar refractivity (Wildman–Crippen MR) is 53.1 cm³/mol. The normalized spacial score (nSPS) is 11.5. The highest BCUT2D eigenvalue weighted by molar-refractivity contribution is 7.91. The van der Waals surface area contributed by atoms with Crippen LogP contribution >= 0.6 is 11.3 Å². The van der Waals surface area contributed by atoms with Gasteiger partial charge in [0.1, 0.15) is 5.75 Å². The van der Waals surface area contributed by atoms with Crippen molar-refractivity contribution < 1.29 is 13.2 Å². The first kappa shape index (κ1) is 10.4. The summed E-state index contributed by atoms with van der Waals surface area (Å²) in [7, 11) is -3.21. The molecule has 0 aliphatic rings. The van der Waals surface area contributed by atoms with Gasteiger partial charge in [0.25, 0.3) is 0 Å². The number of carbonyl (C=O) groups is 1.